The van der Waals surface area contributed by atoms with Crippen LogP contribution in [0.4, 0.5) is 32.0 Å². The molecular weight excluding hydrogens is 516 g/mol. The molecule has 3 heterocycles. The molecule has 1 saturated heterocycles. The Morgan fingerprint density at radius 3 is 2.50 bits per heavy atom. The van der Waals surface area contributed by atoms with E-state index in [1.807, 2.05) is 4.90 Å². The summed E-state index contributed by atoms with van der Waals surface area (Å²) in [5.74, 6) is -5.65. The number of alkyl halides is 6. The van der Waals surface area contributed by atoms with Crippen LogP contribution >= 0.6 is 0 Å². The monoisotopic (exact) mass is 539 g/mol. The molecule has 1 atom stereocenters. The lowest BCUT2D eigenvalue weighted by Crippen LogP contribution is -2.50. The van der Waals surface area contributed by atoms with Crippen molar-refractivity contribution in [2.75, 3.05) is 25.1 Å². The maximum absolute atomic E-state index is 15.1. The van der Waals surface area contributed by atoms with Gasteiger partial charge in [0.25, 0.3) is 5.91 Å². The zero-order chi connectivity index (χ0) is 27.4. The van der Waals surface area contributed by atoms with E-state index < -0.39 is 47.7 Å². The minimum atomic E-state index is -4.72. The number of fused-ring (bicyclic) bond motifs is 1. The lowest BCUT2D eigenvalue weighted by molar-refractivity contribution is -0.138. The number of nitrogens with zero attached hydrogens (tertiary/aromatic N) is 5. The van der Waals surface area contributed by atoms with Crippen LogP contribution in [0.15, 0.2) is 42.7 Å². The molecule has 1 unspecified atom stereocenters. The highest BCUT2D eigenvalue weighted by Crippen LogP contribution is 2.44. The summed E-state index contributed by atoms with van der Waals surface area (Å²) in [6.07, 6.45) is -6.53. The van der Waals surface area contributed by atoms with Crippen molar-refractivity contribution in [2.24, 2.45) is 7.05 Å². The zero-order valence-corrected chi connectivity index (χ0v) is 20.3. The lowest BCUT2D eigenvalue weighted by atomic mass is 9.98. The summed E-state index contributed by atoms with van der Waals surface area (Å²) in [5.41, 5.74) is -1.40. The number of methoxy groups -OCH3 is 1. The van der Waals surface area contributed by atoms with Gasteiger partial charge >= 0.3 is 12.1 Å². The number of amides is 1. The van der Waals surface area contributed by atoms with Crippen LogP contribution in [0.2, 0.25) is 0 Å². The van der Waals surface area contributed by atoms with E-state index in [2.05, 4.69) is 10.2 Å². The SMILES string of the molecule is COC1CN(Cc2cc3c(c(C(F)(F)F)c2)CN(c2cccc(C(F)C(F)(F)c4nncn4C)c2)C3=O)C1. The molecular formula is C25H23F6N5O2. The summed E-state index contributed by atoms with van der Waals surface area (Å²) in [6, 6.07) is 7.25. The molecule has 1 aromatic heterocycles. The van der Waals surface area contributed by atoms with Crippen molar-refractivity contribution in [1.82, 2.24) is 19.7 Å². The highest BCUT2D eigenvalue weighted by molar-refractivity contribution is 6.10. The van der Waals surface area contributed by atoms with Crippen LogP contribution in [0.3, 0.4) is 0 Å². The van der Waals surface area contributed by atoms with Crippen LogP contribution in [0.5, 0.6) is 0 Å². The summed E-state index contributed by atoms with van der Waals surface area (Å²) in [6.45, 7) is 0.898. The quantitative estimate of drug-likeness (QED) is 0.410. The van der Waals surface area contributed by atoms with E-state index in [0.29, 0.717) is 18.7 Å². The highest BCUT2D eigenvalue weighted by Gasteiger charge is 2.47. The second-order valence-electron chi connectivity index (χ2n) is 9.46. The molecule has 0 N–H and O–H groups in total. The Hall–Kier alpha value is -3.45. The minimum absolute atomic E-state index is 0.000434. The number of aromatic nitrogens is 3. The molecule has 7 nitrogen and oxygen atoms in total. The van der Waals surface area contributed by atoms with Gasteiger partial charge in [0.1, 0.15) is 6.33 Å². The first-order chi connectivity index (χ1) is 17.9. The Morgan fingerprint density at radius 1 is 1.13 bits per heavy atom. The van der Waals surface area contributed by atoms with Crippen molar-refractivity contribution >= 4 is 11.6 Å². The molecule has 1 amide bonds. The van der Waals surface area contributed by atoms with E-state index in [4.69, 9.17) is 4.74 Å². The average Bonchev–Trinajstić information content (AvgIpc) is 3.43. The Kier molecular flexibility index (Phi) is 6.46. The molecule has 202 valence electrons. The largest absolute Gasteiger partial charge is 0.416 e. The number of halogens is 6. The van der Waals surface area contributed by atoms with Gasteiger partial charge in [-0.05, 0) is 41.0 Å². The zero-order valence-electron chi connectivity index (χ0n) is 20.3. The first-order valence-corrected chi connectivity index (χ1v) is 11.7. The second kappa shape index (κ2) is 9.38. The lowest BCUT2D eigenvalue weighted by Gasteiger charge is -2.38. The van der Waals surface area contributed by atoms with Gasteiger partial charge in [0, 0.05) is 45.0 Å². The van der Waals surface area contributed by atoms with Gasteiger partial charge in [0.15, 0.2) is 6.17 Å². The van der Waals surface area contributed by atoms with Crippen LogP contribution in [0.1, 0.15) is 44.6 Å². The third-order valence-corrected chi connectivity index (χ3v) is 6.87. The van der Waals surface area contributed by atoms with E-state index in [1.165, 1.54) is 25.2 Å². The molecule has 13 heteroatoms. The predicted octanol–water partition coefficient (Wildman–Crippen LogP) is 4.63. The molecule has 2 aromatic carbocycles. The van der Waals surface area contributed by atoms with Gasteiger partial charge in [0.05, 0.1) is 18.2 Å². The number of ether oxygens (including phenoxy) is 1. The smallest absolute Gasteiger partial charge is 0.379 e. The fraction of sp³-hybridized carbons (Fsp3) is 0.400. The molecule has 38 heavy (non-hydrogen) atoms. The van der Waals surface area contributed by atoms with Gasteiger partial charge in [-0.2, -0.15) is 22.0 Å². The van der Waals surface area contributed by atoms with Crippen LogP contribution in [0, 0.1) is 0 Å². The number of anilines is 1. The molecule has 2 aliphatic heterocycles. The predicted molar refractivity (Wildman–Crippen MR) is 123 cm³/mol. The van der Waals surface area contributed by atoms with Crippen LogP contribution in [-0.4, -0.2) is 51.9 Å². The Bertz CT molecular complexity index is 1370. The maximum Gasteiger partial charge on any atom is 0.416 e. The van der Waals surface area contributed by atoms with Crippen molar-refractivity contribution in [1.29, 1.82) is 0 Å². The van der Waals surface area contributed by atoms with Gasteiger partial charge in [-0.3, -0.25) is 9.69 Å². The van der Waals surface area contributed by atoms with Gasteiger partial charge < -0.3 is 14.2 Å². The molecule has 2 aliphatic rings. The van der Waals surface area contributed by atoms with Gasteiger partial charge in [0.2, 0.25) is 5.82 Å². The second-order valence-corrected chi connectivity index (χ2v) is 9.46. The molecule has 0 aliphatic carbocycles. The number of hydrogen-bond acceptors (Lipinski definition) is 5. The van der Waals surface area contributed by atoms with Gasteiger partial charge in [-0.15, -0.1) is 10.2 Å². The number of likely N-dealkylation sites (tertiary alicyclic amines) is 1. The Morgan fingerprint density at radius 2 is 1.87 bits per heavy atom. The normalized spacial score (nSPS) is 17.6. The number of hydrogen-bond donors (Lipinski definition) is 0. The summed E-state index contributed by atoms with van der Waals surface area (Å²) in [7, 11) is 2.81. The third kappa shape index (κ3) is 4.53. The molecule has 0 saturated carbocycles. The van der Waals surface area contributed by atoms with Crippen molar-refractivity contribution < 1.29 is 35.9 Å². The van der Waals surface area contributed by atoms with Crippen LogP contribution in [0.25, 0.3) is 0 Å². The summed E-state index contributed by atoms with van der Waals surface area (Å²) < 4.78 is 92.8. The molecule has 0 radical (unpaired) electrons. The third-order valence-electron chi connectivity index (χ3n) is 6.87. The van der Waals surface area contributed by atoms with Crippen molar-refractivity contribution in [3.8, 4) is 0 Å². The molecule has 0 spiro atoms. The van der Waals surface area contributed by atoms with Crippen molar-refractivity contribution in [3.05, 3.63) is 76.4 Å². The number of benzene rings is 2. The van der Waals surface area contributed by atoms with Gasteiger partial charge in [-0.25, -0.2) is 4.39 Å². The number of carbonyl (C=O) groups is 1. The average molecular weight is 539 g/mol. The highest BCUT2D eigenvalue weighted by atomic mass is 19.4. The topological polar surface area (TPSA) is 63.5 Å². The van der Waals surface area contributed by atoms with Gasteiger partial charge in [-0.1, -0.05) is 12.1 Å². The van der Waals surface area contributed by atoms with E-state index in [9.17, 15) is 26.7 Å². The number of carbonyl (C=O) groups excluding carboxylic acids is 1. The van der Waals surface area contributed by atoms with Crippen molar-refractivity contribution in [3.63, 3.8) is 0 Å². The number of rotatable bonds is 7. The molecule has 0 bridgehead atoms. The van der Waals surface area contributed by atoms with Crippen LogP contribution in [-0.2, 0) is 37.0 Å². The van der Waals surface area contributed by atoms with Crippen LogP contribution < -0.4 is 4.90 Å². The Balaban J connectivity index is 1.45. The van der Waals surface area contributed by atoms with Crippen molar-refractivity contribution in [2.45, 2.75) is 37.5 Å². The van der Waals surface area contributed by atoms with E-state index in [-0.39, 0.29) is 29.5 Å². The minimum Gasteiger partial charge on any atom is -0.379 e. The summed E-state index contributed by atoms with van der Waals surface area (Å²) in [4.78, 5) is 16.2. The van der Waals surface area contributed by atoms with E-state index in [0.717, 1.165) is 34.0 Å². The number of aryl methyl sites for hydroxylation is 1. The summed E-state index contributed by atoms with van der Waals surface area (Å²) >= 11 is 0. The van der Waals surface area contributed by atoms with E-state index >= 15 is 4.39 Å². The fourth-order valence-corrected chi connectivity index (χ4v) is 4.84. The van der Waals surface area contributed by atoms with E-state index in [1.54, 1.807) is 7.11 Å². The molecule has 1 fully saturated rings. The fourth-order valence-electron chi connectivity index (χ4n) is 4.84. The first kappa shape index (κ1) is 26.2. The molecule has 5 rings (SSSR count). The standard InChI is InChI=1S/C25H23F6N5O2/c1-34-13-32-33-23(34)24(27,28)21(26)15-4-3-5-16(8-15)36-12-19-18(22(36)37)6-14(7-20(19)25(29,30)31)9-35-10-17(11-35)38-2/h3-8,13,17,21H,9-12H2,1-2H3. The summed E-state index contributed by atoms with van der Waals surface area (Å²) in [5, 5.41) is 6.66. The maximum atomic E-state index is 15.1. The molecule has 3 aromatic rings. The Labute approximate surface area is 213 Å². The first-order valence-electron chi connectivity index (χ1n) is 11.7.